The van der Waals surface area contributed by atoms with E-state index in [4.69, 9.17) is 5.26 Å². The fourth-order valence-electron chi connectivity index (χ4n) is 2.83. The number of halogens is 3. The van der Waals surface area contributed by atoms with Crippen molar-refractivity contribution >= 4 is 5.82 Å². The Bertz CT molecular complexity index is 770. The number of alkyl halides is 3. The second kappa shape index (κ2) is 6.09. The Labute approximate surface area is 136 Å². The molecule has 5 nitrogen and oxygen atoms in total. The highest BCUT2D eigenvalue weighted by atomic mass is 19.4. The first-order valence-electron chi connectivity index (χ1n) is 7.22. The molecule has 124 valence electrons. The lowest BCUT2D eigenvalue weighted by Gasteiger charge is -2.26. The van der Waals surface area contributed by atoms with Crippen LogP contribution in [0.5, 0.6) is 0 Å². The normalized spacial score (nSPS) is 20.9. The lowest BCUT2D eigenvalue weighted by atomic mass is 10.0. The average Bonchev–Trinajstić information content (AvgIpc) is 2.96. The monoisotopic (exact) mass is 334 g/mol. The van der Waals surface area contributed by atoms with Gasteiger partial charge >= 0.3 is 6.18 Å². The molecule has 1 aliphatic rings. The van der Waals surface area contributed by atoms with E-state index in [-0.39, 0.29) is 12.2 Å². The molecule has 0 aliphatic carbocycles. The summed E-state index contributed by atoms with van der Waals surface area (Å²) in [6.07, 6.45) is -2.13. The number of aliphatic hydroxyl groups is 1. The Morgan fingerprint density at radius 2 is 2.04 bits per heavy atom. The predicted molar refractivity (Wildman–Crippen MR) is 78.9 cm³/mol. The number of nitrogens with zero attached hydrogens (tertiary/aromatic N) is 4. The molecule has 2 heterocycles. The number of rotatable bonds is 2. The number of benzene rings is 1. The SMILES string of the molecule is N#Cc1cnc(N2C[C@H](O)C[C@@H]2c2cccc(C(F)(F)F)c2)cn1. The van der Waals surface area contributed by atoms with Crippen LogP contribution in [0.2, 0.25) is 0 Å². The van der Waals surface area contributed by atoms with Crippen molar-refractivity contribution in [2.45, 2.75) is 24.7 Å². The van der Waals surface area contributed by atoms with E-state index in [1.807, 2.05) is 6.07 Å². The third kappa shape index (κ3) is 3.16. The summed E-state index contributed by atoms with van der Waals surface area (Å²) < 4.78 is 38.8. The minimum Gasteiger partial charge on any atom is -0.391 e. The second-order valence-corrected chi connectivity index (χ2v) is 5.55. The van der Waals surface area contributed by atoms with E-state index in [0.29, 0.717) is 17.8 Å². The van der Waals surface area contributed by atoms with E-state index < -0.39 is 23.9 Å². The van der Waals surface area contributed by atoms with Crippen LogP contribution in [-0.4, -0.2) is 27.7 Å². The van der Waals surface area contributed by atoms with E-state index in [1.54, 1.807) is 11.0 Å². The fourth-order valence-corrected chi connectivity index (χ4v) is 2.83. The van der Waals surface area contributed by atoms with E-state index >= 15 is 0 Å². The van der Waals surface area contributed by atoms with Crippen molar-refractivity contribution < 1.29 is 18.3 Å². The Balaban J connectivity index is 1.95. The molecular weight excluding hydrogens is 321 g/mol. The van der Waals surface area contributed by atoms with Gasteiger partial charge in [0, 0.05) is 6.54 Å². The molecule has 1 fully saturated rings. The molecule has 0 saturated carbocycles. The largest absolute Gasteiger partial charge is 0.416 e. The molecule has 2 atom stereocenters. The molecule has 1 aromatic carbocycles. The molecule has 1 N–H and O–H groups in total. The van der Waals surface area contributed by atoms with Gasteiger partial charge < -0.3 is 10.0 Å². The fraction of sp³-hybridized carbons (Fsp3) is 0.312. The van der Waals surface area contributed by atoms with E-state index in [2.05, 4.69) is 9.97 Å². The average molecular weight is 334 g/mol. The van der Waals surface area contributed by atoms with Gasteiger partial charge in [0.15, 0.2) is 5.69 Å². The lowest BCUT2D eigenvalue weighted by molar-refractivity contribution is -0.137. The first-order chi connectivity index (χ1) is 11.4. The van der Waals surface area contributed by atoms with Crippen LogP contribution >= 0.6 is 0 Å². The number of hydrogen-bond acceptors (Lipinski definition) is 5. The van der Waals surface area contributed by atoms with Crippen molar-refractivity contribution in [1.82, 2.24) is 9.97 Å². The lowest BCUT2D eigenvalue weighted by Crippen LogP contribution is -2.25. The first kappa shape index (κ1) is 16.2. The molecule has 1 saturated heterocycles. The maximum absolute atomic E-state index is 12.9. The van der Waals surface area contributed by atoms with Gasteiger partial charge in [0.1, 0.15) is 11.9 Å². The number of anilines is 1. The van der Waals surface area contributed by atoms with Gasteiger partial charge in [-0.25, -0.2) is 9.97 Å². The summed E-state index contributed by atoms with van der Waals surface area (Å²) in [4.78, 5) is 9.75. The Morgan fingerprint density at radius 3 is 2.67 bits per heavy atom. The smallest absolute Gasteiger partial charge is 0.391 e. The zero-order valence-electron chi connectivity index (χ0n) is 12.4. The summed E-state index contributed by atoms with van der Waals surface area (Å²) in [5.41, 5.74) is -0.131. The van der Waals surface area contributed by atoms with Crippen molar-refractivity contribution in [3.8, 4) is 6.07 Å². The van der Waals surface area contributed by atoms with Gasteiger partial charge in [-0.15, -0.1) is 0 Å². The van der Waals surface area contributed by atoms with Crippen molar-refractivity contribution in [3.63, 3.8) is 0 Å². The molecule has 0 unspecified atom stereocenters. The van der Waals surface area contributed by atoms with E-state index in [9.17, 15) is 18.3 Å². The van der Waals surface area contributed by atoms with Gasteiger partial charge in [0.2, 0.25) is 0 Å². The summed E-state index contributed by atoms with van der Waals surface area (Å²) in [6.45, 7) is 0.238. The minimum absolute atomic E-state index is 0.147. The number of nitriles is 1. The standard InChI is InChI=1S/C16H13F3N4O/c17-16(18,19)11-3-1-2-10(4-11)14-5-13(24)9-23(14)15-8-21-12(6-20)7-22-15/h1-4,7-8,13-14,24H,5,9H2/t13-,14-/m1/s1. The molecule has 3 rings (SSSR count). The highest BCUT2D eigenvalue weighted by molar-refractivity contribution is 5.44. The number of aliphatic hydroxyl groups excluding tert-OH is 1. The van der Waals surface area contributed by atoms with Crippen LogP contribution in [-0.2, 0) is 6.18 Å². The minimum atomic E-state index is -4.42. The van der Waals surface area contributed by atoms with Gasteiger partial charge in [0.05, 0.1) is 30.1 Å². The Kier molecular flexibility index (Phi) is 4.11. The number of aromatic nitrogens is 2. The third-order valence-corrected chi connectivity index (χ3v) is 3.92. The van der Waals surface area contributed by atoms with Crippen molar-refractivity contribution in [2.24, 2.45) is 0 Å². The van der Waals surface area contributed by atoms with Crippen LogP contribution in [0.15, 0.2) is 36.7 Å². The zero-order chi connectivity index (χ0) is 17.3. The number of hydrogen-bond donors (Lipinski definition) is 1. The molecule has 1 aromatic heterocycles. The van der Waals surface area contributed by atoms with Crippen molar-refractivity contribution in [3.05, 3.63) is 53.5 Å². The van der Waals surface area contributed by atoms with Gasteiger partial charge in [-0.05, 0) is 24.1 Å². The van der Waals surface area contributed by atoms with Crippen LogP contribution in [0.3, 0.4) is 0 Å². The quantitative estimate of drug-likeness (QED) is 0.914. The summed E-state index contributed by atoms with van der Waals surface area (Å²) in [5, 5.41) is 18.7. The molecule has 8 heteroatoms. The predicted octanol–water partition coefficient (Wildman–Crippen LogP) is 2.68. The maximum Gasteiger partial charge on any atom is 0.416 e. The summed E-state index contributed by atoms with van der Waals surface area (Å²) in [5.74, 6) is 0.410. The van der Waals surface area contributed by atoms with Crippen molar-refractivity contribution in [1.29, 1.82) is 5.26 Å². The maximum atomic E-state index is 12.9. The zero-order valence-corrected chi connectivity index (χ0v) is 12.4. The summed E-state index contributed by atoms with van der Waals surface area (Å²) >= 11 is 0. The molecular formula is C16H13F3N4O. The van der Waals surface area contributed by atoms with Crippen LogP contribution in [0, 0.1) is 11.3 Å². The highest BCUT2D eigenvalue weighted by Crippen LogP contribution is 2.37. The molecule has 0 radical (unpaired) electrons. The second-order valence-electron chi connectivity index (χ2n) is 5.55. The summed E-state index contributed by atoms with van der Waals surface area (Å²) in [6, 6.07) is 6.47. The van der Waals surface area contributed by atoms with Crippen LogP contribution in [0.4, 0.5) is 19.0 Å². The van der Waals surface area contributed by atoms with Gasteiger partial charge in [-0.2, -0.15) is 18.4 Å². The Hall–Kier alpha value is -2.66. The van der Waals surface area contributed by atoms with E-state index in [0.717, 1.165) is 12.1 Å². The third-order valence-electron chi connectivity index (χ3n) is 3.92. The molecule has 2 aromatic rings. The highest BCUT2D eigenvalue weighted by Gasteiger charge is 2.35. The topological polar surface area (TPSA) is 73.0 Å². The van der Waals surface area contributed by atoms with Gasteiger partial charge in [-0.3, -0.25) is 0 Å². The molecule has 1 aliphatic heterocycles. The molecule has 24 heavy (non-hydrogen) atoms. The first-order valence-corrected chi connectivity index (χ1v) is 7.22. The Morgan fingerprint density at radius 1 is 1.25 bits per heavy atom. The molecule has 0 amide bonds. The van der Waals surface area contributed by atoms with Crippen molar-refractivity contribution in [2.75, 3.05) is 11.4 Å². The van der Waals surface area contributed by atoms with Crippen LogP contribution in [0.25, 0.3) is 0 Å². The van der Waals surface area contributed by atoms with E-state index in [1.165, 1.54) is 18.5 Å². The molecule has 0 spiro atoms. The van der Waals surface area contributed by atoms with Crippen LogP contribution < -0.4 is 4.90 Å². The van der Waals surface area contributed by atoms with Crippen LogP contribution in [0.1, 0.15) is 29.3 Å². The number of β-amino-alcohol motifs (C(OH)–C–C–N with tert-alkyl or cyclic N) is 1. The molecule has 0 bridgehead atoms. The van der Waals surface area contributed by atoms with Gasteiger partial charge in [-0.1, -0.05) is 12.1 Å². The van der Waals surface area contributed by atoms with Gasteiger partial charge in [0.25, 0.3) is 0 Å². The summed E-state index contributed by atoms with van der Waals surface area (Å²) in [7, 11) is 0.